The Hall–Kier alpha value is -0.420. The van der Waals surface area contributed by atoms with Crippen LogP contribution in [-0.2, 0) is 6.54 Å². The lowest BCUT2D eigenvalue weighted by atomic mass is 10.2. The maximum Gasteiger partial charge on any atom is 0.109 e. The number of hydrogen-bond acceptors (Lipinski definition) is 3. The summed E-state index contributed by atoms with van der Waals surface area (Å²) in [5, 5.41) is 5.33. The van der Waals surface area contributed by atoms with E-state index < -0.39 is 0 Å². The van der Waals surface area contributed by atoms with Crippen molar-refractivity contribution in [2.24, 2.45) is 0 Å². The zero-order valence-electron chi connectivity index (χ0n) is 10.2. The number of thiazole rings is 1. The molecule has 0 radical (unpaired) electrons. The van der Waals surface area contributed by atoms with Crippen LogP contribution in [-0.4, -0.2) is 4.98 Å². The highest BCUT2D eigenvalue weighted by Gasteiger charge is 2.09. The van der Waals surface area contributed by atoms with Crippen LogP contribution in [0.3, 0.4) is 0 Å². The Kier molecular flexibility index (Phi) is 4.78. The molecule has 18 heavy (non-hydrogen) atoms. The van der Waals surface area contributed by atoms with Crippen LogP contribution in [0.5, 0.6) is 0 Å². The number of hydrogen-bond donors (Lipinski definition) is 1. The largest absolute Gasteiger partial charge is 0.304 e. The van der Waals surface area contributed by atoms with Gasteiger partial charge in [-0.2, -0.15) is 0 Å². The van der Waals surface area contributed by atoms with Crippen molar-refractivity contribution in [1.29, 1.82) is 0 Å². The molecule has 0 aliphatic heterocycles. The molecule has 1 aromatic heterocycles. The van der Waals surface area contributed by atoms with Gasteiger partial charge in [-0.15, -0.1) is 11.3 Å². The average Bonchev–Trinajstić information content (AvgIpc) is 2.74. The van der Waals surface area contributed by atoms with Gasteiger partial charge in [-0.1, -0.05) is 33.6 Å². The van der Waals surface area contributed by atoms with E-state index in [1.807, 2.05) is 24.4 Å². The van der Waals surface area contributed by atoms with Crippen molar-refractivity contribution in [2.45, 2.75) is 26.4 Å². The maximum atomic E-state index is 5.92. The van der Waals surface area contributed by atoms with Crippen molar-refractivity contribution in [1.82, 2.24) is 10.3 Å². The van der Waals surface area contributed by atoms with Gasteiger partial charge in [0.1, 0.15) is 5.01 Å². The van der Waals surface area contributed by atoms with Gasteiger partial charge in [0.05, 0.1) is 6.04 Å². The standard InChI is InChI=1S/C13H14BrClN2S/c1-8-6-17-13(18-8)9(2)16-7-10-3-4-11(15)5-12(10)14/h3-6,9,16H,7H2,1-2H3. The van der Waals surface area contributed by atoms with E-state index in [1.54, 1.807) is 11.3 Å². The second kappa shape index (κ2) is 6.15. The van der Waals surface area contributed by atoms with E-state index in [4.69, 9.17) is 11.6 Å². The molecule has 1 atom stereocenters. The van der Waals surface area contributed by atoms with Crippen molar-refractivity contribution in [2.75, 3.05) is 0 Å². The molecule has 0 aliphatic rings. The van der Waals surface area contributed by atoms with Crippen molar-refractivity contribution in [3.63, 3.8) is 0 Å². The summed E-state index contributed by atoms with van der Waals surface area (Å²) < 4.78 is 1.03. The molecule has 1 unspecified atom stereocenters. The first-order chi connectivity index (χ1) is 8.56. The van der Waals surface area contributed by atoms with E-state index in [-0.39, 0.29) is 6.04 Å². The highest BCUT2D eigenvalue weighted by atomic mass is 79.9. The van der Waals surface area contributed by atoms with Crippen LogP contribution in [0.4, 0.5) is 0 Å². The SMILES string of the molecule is Cc1cnc(C(C)NCc2ccc(Cl)cc2Br)s1. The van der Waals surface area contributed by atoms with Crippen molar-refractivity contribution in [3.8, 4) is 0 Å². The molecular formula is C13H14BrClN2S. The van der Waals surface area contributed by atoms with Crippen LogP contribution in [0.15, 0.2) is 28.9 Å². The topological polar surface area (TPSA) is 24.9 Å². The lowest BCUT2D eigenvalue weighted by Gasteiger charge is -2.12. The van der Waals surface area contributed by atoms with Crippen LogP contribution in [0.25, 0.3) is 0 Å². The highest BCUT2D eigenvalue weighted by Crippen LogP contribution is 2.23. The second-order valence-corrected chi connectivity index (χ2v) is 6.70. The van der Waals surface area contributed by atoms with Crippen molar-refractivity contribution < 1.29 is 0 Å². The summed E-state index contributed by atoms with van der Waals surface area (Å²) >= 11 is 11.2. The number of nitrogens with zero attached hydrogens (tertiary/aromatic N) is 1. The molecule has 2 nitrogen and oxygen atoms in total. The van der Waals surface area contributed by atoms with Gasteiger partial charge in [-0.05, 0) is 31.5 Å². The van der Waals surface area contributed by atoms with Gasteiger partial charge >= 0.3 is 0 Å². The fourth-order valence-electron chi connectivity index (χ4n) is 1.59. The van der Waals surface area contributed by atoms with E-state index in [2.05, 4.69) is 40.1 Å². The van der Waals surface area contributed by atoms with Crippen molar-refractivity contribution >= 4 is 38.9 Å². The van der Waals surface area contributed by atoms with Gasteiger partial charge in [0, 0.05) is 27.1 Å². The third-order valence-electron chi connectivity index (χ3n) is 2.62. The van der Waals surface area contributed by atoms with Crippen LogP contribution in [0, 0.1) is 6.92 Å². The Labute approximate surface area is 125 Å². The first kappa shape index (κ1) is 14.0. The van der Waals surface area contributed by atoms with Gasteiger partial charge in [-0.3, -0.25) is 0 Å². The summed E-state index contributed by atoms with van der Waals surface area (Å²) in [6.45, 7) is 4.99. The molecule has 1 aromatic carbocycles. The summed E-state index contributed by atoms with van der Waals surface area (Å²) in [5.74, 6) is 0. The van der Waals surface area contributed by atoms with Crippen LogP contribution >= 0.6 is 38.9 Å². The van der Waals surface area contributed by atoms with Crippen LogP contribution in [0.2, 0.25) is 5.02 Å². The molecular weight excluding hydrogens is 332 g/mol. The lowest BCUT2D eigenvalue weighted by molar-refractivity contribution is 0.571. The number of aromatic nitrogens is 1. The summed E-state index contributed by atoms with van der Waals surface area (Å²) in [6, 6.07) is 6.10. The Morgan fingerprint density at radius 1 is 1.50 bits per heavy atom. The zero-order chi connectivity index (χ0) is 13.1. The zero-order valence-corrected chi connectivity index (χ0v) is 13.4. The molecule has 0 saturated heterocycles. The molecule has 2 rings (SSSR count). The molecule has 1 heterocycles. The minimum Gasteiger partial charge on any atom is -0.304 e. The van der Waals surface area contributed by atoms with Gasteiger partial charge in [0.2, 0.25) is 0 Å². The van der Waals surface area contributed by atoms with Gasteiger partial charge < -0.3 is 5.32 Å². The predicted molar refractivity (Wildman–Crippen MR) is 81.3 cm³/mol. The lowest BCUT2D eigenvalue weighted by Crippen LogP contribution is -2.18. The number of rotatable bonds is 4. The van der Waals surface area contributed by atoms with E-state index >= 15 is 0 Å². The molecule has 0 fully saturated rings. The molecule has 0 aliphatic carbocycles. The van der Waals surface area contributed by atoms with Crippen LogP contribution in [0.1, 0.15) is 28.4 Å². The van der Waals surface area contributed by atoms with E-state index in [0.29, 0.717) is 0 Å². The molecule has 0 amide bonds. The van der Waals surface area contributed by atoms with Gasteiger partial charge in [0.25, 0.3) is 0 Å². The fourth-order valence-corrected chi connectivity index (χ4v) is 3.21. The van der Waals surface area contributed by atoms with Gasteiger partial charge in [-0.25, -0.2) is 4.98 Å². The van der Waals surface area contributed by atoms with E-state index in [9.17, 15) is 0 Å². The Bertz CT molecular complexity index is 542. The Morgan fingerprint density at radius 3 is 2.89 bits per heavy atom. The minimum atomic E-state index is 0.256. The normalized spacial score (nSPS) is 12.7. The molecule has 0 spiro atoms. The maximum absolute atomic E-state index is 5.92. The summed E-state index contributed by atoms with van der Waals surface area (Å²) in [5.41, 5.74) is 1.19. The van der Waals surface area contributed by atoms with Crippen LogP contribution < -0.4 is 5.32 Å². The van der Waals surface area contributed by atoms with E-state index in [0.717, 1.165) is 21.0 Å². The van der Waals surface area contributed by atoms with Gasteiger partial charge in [0.15, 0.2) is 0 Å². The summed E-state index contributed by atoms with van der Waals surface area (Å²) in [4.78, 5) is 5.63. The number of benzene rings is 1. The highest BCUT2D eigenvalue weighted by molar-refractivity contribution is 9.10. The predicted octanol–water partition coefficient (Wildman–Crippen LogP) is 4.72. The molecule has 96 valence electrons. The van der Waals surface area contributed by atoms with E-state index in [1.165, 1.54) is 10.4 Å². The summed E-state index contributed by atoms with van der Waals surface area (Å²) in [7, 11) is 0. The fraction of sp³-hybridized carbons (Fsp3) is 0.308. The number of aryl methyl sites for hydroxylation is 1. The quantitative estimate of drug-likeness (QED) is 0.867. The molecule has 0 saturated carbocycles. The third kappa shape index (κ3) is 3.54. The summed E-state index contributed by atoms with van der Waals surface area (Å²) in [6.07, 6.45) is 1.91. The smallest absolute Gasteiger partial charge is 0.109 e. The molecule has 0 bridgehead atoms. The third-order valence-corrected chi connectivity index (χ3v) is 4.69. The number of nitrogens with one attached hydrogen (secondary N) is 1. The first-order valence-corrected chi connectivity index (χ1v) is 7.64. The molecule has 2 aromatic rings. The second-order valence-electron chi connectivity index (χ2n) is 4.15. The molecule has 5 heteroatoms. The number of halogens is 2. The average molecular weight is 346 g/mol. The minimum absolute atomic E-state index is 0.256. The monoisotopic (exact) mass is 344 g/mol. The van der Waals surface area contributed by atoms with Crippen molar-refractivity contribution in [3.05, 3.63) is 49.3 Å². The molecule has 1 N–H and O–H groups in total. The Morgan fingerprint density at radius 2 is 2.28 bits per heavy atom. The Balaban J connectivity index is 1.99. The first-order valence-electron chi connectivity index (χ1n) is 5.66.